The van der Waals surface area contributed by atoms with Crippen molar-refractivity contribution >= 4 is 23.9 Å². The normalized spacial score (nSPS) is 14.9. The number of carboxylic acids is 1. The summed E-state index contributed by atoms with van der Waals surface area (Å²) < 4.78 is 9.25. The molecular formula is C28H34N4O3S. The second kappa shape index (κ2) is 12.2. The molecule has 0 amide bonds. The second-order valence-electron chi connectivity index (χ2n) is 9.53. The number of nitrogens with one attached hydrogen (secondary N) is 1. The minimum atomic E-state index is -0.967. The molecular weight excluding hydrogens is 472 g/mol. The number of anilines is 1. The van der Waals surface area contributed by atoms with Crippen LogP contribution in [0.1, 0.15) is 60.0 Å². The molecule has 1 aliphatic rings. The van der Waals surface area contributed by atoms with Crippen molar-refractivity contribution < 1.29 is 14.6 Å². The Morgan fingerprint density at radius 3 is 2.56 bits per heavy atom. The molecule has 190 valence electrons. The highest BCUT2D eigenvalue weighted by Crippen LogP contribution is 2.31. The van der Waals surface area contributed by atoms with E-state index in [1.54, 1.807) is 18.2 Å². The average molecular weight is 507 g/mol. The fraction of sp³-hybridized carbons (Fsp3) is 0.393. The lowest BCUT2D eigenvalue weighted by Gasteiger charge is -2.24. The van der Waals surface area contributed by atoms with Crippen LogP contribution >= 0.6 is 11.9 Å². The van der Waals surface area contributed by atoms with Gasteiger partial charge in [-0.3, -0.25) is 4.72 Å². The first-order valence-corrected chi connectivity index (χ1v) is 13.3. The Kier molecular flexibility index (Phi) is 8.83. The van der Waals surface area contributed by atoms with E-state index < -0.39 is 5.97 Å². The van der Waals surface area contributed by atoms with Crippen LogP contribution < -0.4 is 15.2 Å². The topological polar surface area (TPSA) is 110 Å². The van der Waals surface area contributed by atoms with E-state index in [1.165, 1.54) is 44.1 Å². The van der Waals surface area contributed by atoms with Crippen molar-refractivity contribution in [3.63, 3.8) is 0 Å². The zero-order valence-corrected chi connectivity index (χ0v) is 21.7. The Balaban J connectivity index is 1.53. The lowest BCUT2D eigenvalue weighted by molar-refractivity contribution is 0.0696. The first kappa shape index (κ1) is 26.0. The number of nitrogens with zero attached hydrogens (tertiary/aromatic N) is 2. The third-order valence-corrected chi connectivity index (χ3v) is 7.36. The lowest BCUT2D eigenvalue weighted by Crippen LogP contribution is -2.31. The third kappa shape index (κ3) is 6.98. The molecule has 7 nitrogen and oxygen atoms in total. The molecule has 1 atom stereocenters. The van der Waals surface area contributed by atoms with Crippen molar-refractivity contribution in [3.05, 3.63) is 65.2 Å². The maximum atomic E-state index is 11.3. The van der Waals surface area contributed by atoms with Gasteiger partial charge in [0, 0.05) is 22.6 Å². The van der Waals surface area contributed by atoms with Gasteiger partial charge < -0.3 is 15.6 Å². The van der Waals surface area contributed by atoms with E-state index in [0.717, 1.165) is 33.7 Å². The first-order chi connectivity index (χ1) is 17.4. The van der Waals surface area contributed by atoms with Crippen LogP contribution in [-0.2, 0) is 0 Å². The van der Waals surface area contributed by atoms with Gasteiger partial charge in [0.25, 0.3) is 0 Å². The van der Waals surface area contributed by atoms with Crippen LogP contribution in [0.3, 0.4) is 0 Å². The molecule has 1 aliphatic carbocycles. The zero-order valence-electron chi connectivity index (χ0n) is 20.9. The molecule has 0 saturated heterocycles. The fourth-order valence-corrected chi connectivity index (χ4v) is 5.43. The number of aromatic nitrogens is 2. The minimum absolute atomic E-state index is 0.0451. The monoisotopic (exact) mass is 506 g/mol. The summed E-state index contributed by atoms with van der Waals surface area (Å²) in [5.41, 5.74) is 10.7. The van der Waals surface area contributed by atoms with Gasteiger partial charge in [-0.05, 0) is 67.5 Å². The summed E-state index contributed by atoms with van der Waals surface area (Å²) in [5, 5.41) is 9.27. The molecule has 0 unspecified atom stereocenters. The van der Waals surface area contributed by atoms with Crippen molar-refractivity contribution in [1.82, 2.24) is 9.97 Å². The molecule has 1 heterocycles. The highest BCUT2D eigenvalue weighted by Gasteiger charge is 2.18. The average Bonchev–Trinajstić information content (AvgIpc) is 2.87. The molecule has 36 heavy (non-hydrogen) atoms. The van der Waals surface area contributed by atoms with Crippen LogP contribution in [0.2, 0.25) is 0 Å². The summed E-state index contributed by atoms with van der Waals surface area (Å²) in [6.07, 6.45) is 7.41. The molecule has 0 bridgehead atoms. The quantitative estimate of drug-likeness (QED) is 0.277. The summed E-state index contributed by atoms with van der Waals surface area (Å²) in [6, 6.07) is 14.7. The van der Waals surface area contributed by atoms with E-state index >= 15 is 0 Å². The van der Waals surface area contributed by atoms with Gasteiger partial charge in [0.15, 0.2) is 0 Å². The predicted octanol–water partition coefficient (Wildman–Crippen LogP) is 6.25. The van der Waals surface area contributed by atoms with E-state index in [-0.39, 0.29) is 11.6 Å². The van der Waals surface area contributed by atoms with Crippen LogP contribution in [0.5, 0.6) is 5.88 Å². The Bertz CT molecular complexity index is 1180. The number of hydrogen-bond acceptors (Lipinski definition) is 7. The summed E-state index contributed by atoms with van der Waals surface area (Å²) in [4.78, 5) is 21.4. The number of aryl methyl sites for hydroxylation is 2. The van der Waals surface area contributed by atoms with Gasteiger partial charge in [-0.2, -0.15) is 4.98 Å². The second-order valence-corrected chi connectivity index (χ2v) is 10.4. The van der Waals surface area contributed by atoms with Crippen molar-refractivity contribution in [2.75, 3.05) is 11.3 Å². The number of carboxylic acid groups (broad SMARTS) is 1. The molecule has 4 rings (SSSR count). The summed E-state index contributed by atoms with van der Waals surface area (Å²) in [5.74, 6) is 0.565. The number of carbonyl (C=O) groups is 1. The lowest BCUT2D eigenvalue weighted by atomic mass is 9.85. The standard InChI is InChI=1S/C28H34N4O3S/c1-18-8-6-9-19(2)26(18)24-16-25(35-17-22(29)14-20-10-4-3-5-11-20)31-28(30-24)32-36-23-13-7-12-21(15-23)27(33)34/h6-9,12-13,15-16,20,22H,3-5,10-11,14,17,29H2,1-2H3,(H,33,34)(H,30,31,32)/t22-/m1/s1. The van der Waals surface area contributed by atoms with Gasteiger partial charge in [0.05, 0.1) is 11.3 Å². The fourth-order valence-electron chi connectivity index (χ4n) is 4.80. The van der Waals surface area contributed by atoms with E-state index in [1.807, 2.05) is 18.2 Å². The number of hydrogen-bond donors (Lipinski definition) is 3. The number of rotatable bonds is 10. The van der Waals surface area contributed by atoms with Gasteiger partial charge in [-0.1, -0.05) is 56.4 Å². The molecule has 1 saturated carbocycles. The largest absolute Gasteiger partial charge is 0.478 e. The number of aromatic carboxylic acids is 1. The van der Waals surface area contributed by atoms with Crippen molar-refractivity contribution in [1.29, 1.82) is 0 Å². The molecule has 8 heteroatoms. The van der Waals surface area contributed by atoms with E-state index in [0.29, 0.717) is 24.4 Å². The smallest absolute Gasteiger partial charge is 0.335 e. The van der Waals surface area contributed by atoms with E-state index in [4.69, 9.17) is 15.5 Å². The highest BCUT2D eigenvalue weighted by atomic mass is 32.2. The van der Waals surface area contributed by atoms with E-state index in [2.05, 4.69) is 35.7 Å². The third-order valence-electron chi connectivity index (χ3n) is 6.59. The van der Waals surface area contributed by atoms with Gasteiger partial charge in [0.2, 0.25) is 11.8 Å². The Hall–Kier alpha value is -3.10. The molecule has 0 radical (unpaired) electrons. The summed E-state index contributed by atoms with van der Waals surface area (Å²) in [6.45, 7) is 4.52. The van der Waals surface area contributed by atoms with Gasteiger partial charge in [0.1, 0.15) is 6.61 Å². The Morgan fingerprint density at radius 1 is 1.11 bits per heavy atom. The van der Waals surface area contributed by atoms with Crippen LogP contribution in [0, 0.1) is 19.8 Å². The Labute approximate surface area is 217 Å². The van der Waals surface area contributed by atoms with Gasteiger partial charge in [-0.25, -0.2) is 9.78 Å². The maximum Gasteiger partial charge on any atom is 0.335 e. The zero-order chi connectivity index (χ0) is 25.5. The molecule has 4 N–H and O–H groups in total. The molecule has 2 aromatic carbocycles. The maximum absolute atomic E-state index is 11.3. The van der Waals surface area contributed by atoms with Gasteiger partial charge >= 0.3 is 5.97 Å². The molecule has 0 aliphatic heterocycles. The SMILES string of the molecule is Cc1cccc(C)c1-c1cc(OC[C@H](N)CC2CCCCC2)nc(NSc2cccc(C(=O)O)c2)n1. The van der Waals surface area contributed by atoms with E-state index in [9.17, 15) is 9.90 Å². The van der Waals surface area contributed by atoms with Gasteiger partial charge in [-0.15, -0.1) is 0 Å². The van der Waals surface area contributed by atoms with Crippen molar-refractivity contribution in [2.24, 2.45) is 11.7 Å². The predicted molar refractivity (Wildman–Crippen MR) is 144 cm³/mol. The van der Waals surface area contributed by atoms with Crippen molar-refractivity contribution in [3.8, 4) is 17.1 Å². The minimum Gasteiger partial charge on any atom is -0.478 e. The Morgan fingerprint density at radius 2 is 1.83 bits per heavy atom. The molecule has 3 aromatic rings. The number of nitrogens with two attached hydrogens (primary N) is 1. The van der Waals surface area contributed by atoms with Crippen LogP contribution in [0.4, 0.5) is 5.95 Å². The highest BCUT2D eigenvalue weighted by molar-refractivity contribution is 8.00. The summed E-state index contributed by atoms with van der Waals surface area (Å²) in [7, 11) is 0. The first-order valence-electron chi connectivity index (χ1n) is 12.5. The van der Waals surface area contributed by atoms with Crippen LogP contribution in [-0.4, -0.2) is 33.7 Å². The van der Waals surface area contributed by atoms with Crippen LogP contribution in [0.25, 0.3) is 11.3 Å². The van der Waals surface area contributed by atoms with Crippen LogP contribution in [0.15, 0.2) is 53.4 Å². The molecule has 1 fully saturated rings. The van der Waals surface area contributed by atoms with Crippen molar-refractivity contribution in [2.45, 2.75) is 63.3 Å². The summed E-state index contributed by atoms with van der Waals surface area (Å²) >= 11 is 1.26. The number of benzene rings is 2. The number of ether oxygens (including phenoxy) is 1. The molecule has 1 aromatic heterocycles. The molecule has 0 spiro atoms.